The third kappa shape index (κ3) is 3.88. The number of halogens is 3. The van der Waals surface area contributed by atoms with Crippen LogP contribution in [-0.2, 0) is 12.7 Å². The van der Waals surface area contributed by atoms with Crippen LogP contribution in [0.25, 0.3) is 4.96 Å². The van der Waals surface area contributed by atoms with Crippen LogP contribution in [0.1, 0.15) is 16.3 Å². The molecule has 1 fully saturated rings. The maximum absolute atomic E-state index is 12.9. The first-order valence-corrected chi connectivity index (χ1v) is 9.73. The molecule has 1 aliphatic heterocycles. The fourth-order valence-electron chi connectivity index (χ4n) is 3.38. The molecule has 0 amide bonds. The highest BCUT2D eigenvalue weighted by Gasteiger charge is 2.31. The lowest BCUT2D eigenvalue weighted by atomic mass is 10.1. The average molecular weight is 410 g/mol. The molecule has 0 spiro atoms. The molecule has 28 heavy (non-hydrogen) atoms. The second-order valence-corrected chi connectivity index (χ2v) is 7.93. The number of anilines is 1. The highest BCUT2D eigenvalue weighted by Crippen LogP contribution is 2.31. The minimum absolute atomic E-state index is 0.186. The SMILES string of the molecule is Cc1cc(=O)n2nc(C[NH+]3CCN(c4cccc(C(F)(F)F)c4)CC3)sc2n1. The largest absolute Gasteiger partial charge is 0.416 e. The summed E-state index contributed by atoms with van der Waals surface area (Å²) in [6.07, 6.45) is -4.33. The highest BCUT2D eigenvalue weighted by atomic mass is 32.1. The number of rotatable bonds is 3. The molecule has 0 radical (unpaired) electrons. The Hall–Kier alpha value is -2.46. The van der Waals surface area contributed by atoms with E-state index < -0.39 is 11.7 Å². The second-order valence-electron chi connectivity index (χ2n) is 6.89. The minimum atomic E-state index is -4.33. The van der Waals surface area contributed by atoms with Crippen LogP contribution in [0.4, 0.5) is 18.9 Å². The van der Waals surface area contributed by atoms with Gasteiger partial charge in [0.25, 0.3) is 5.56 Å². The molecule has 6 nitrogen and oxygen atoms in total. The van der Waals surface area contributed by atoms with Crippen LogP contribution in [0, 0.1) is 6.92 Å². The molecule has 1 N–H and O–H groups in total. The lowest BCUT2D eigenvalue weighted by Crippen LogP contribution is -3.13. The third-order valence-corrected chi connectivity index (χ3v) is 5.73. The van der Waals surface area contributed by atoms with E-state index >= 15 is 0 Å². The van der Waals surface area contributed by atoms with Gasteiger partial charge in [-0.05, 0) is 25.1 Å². The Morgan fingerprint density at radius 1 is 1.21 bits per heavy atom. The molecule has 4 rings (SSSR count). The number of aryl methyl sites for hydroxylation is 1. The summed E-state index contributed by atoms with van der Waals surface area (Å²) in [5.74, 6) is 0. The second kappa shape index (κ2) is 7.17. The number of fused-ring (bicyclic) bond motifs is 1. The van der Waals surface area contributed by atoms with Gasteiger partial charge in [0, 0.05) is 17.4 Å². The van der Waals surface area contributed by atoms with Crippen LogP contribution in [0.2, 0.25) is 0 Å². The lowest BCUT2D eigenvalue weighted by Gasteiger charge is -2.33. The van der Waals surface area contributed by atoms with Crippen molar-refractivity contribution in [1.29, 1.82) is 0 Å². The van der Waals surface area contributed by atoms with E-state index in [-0.39, 0.29) is 5.56 Å². The van der Waals surface area contributed by atoms with Gasteiger partial charge in [0.2, 0.25) is 4.96 Å². The summed E-state index contributed by atoms with van der Waals surface area (Å²) < 4.78 is 40.1. The van der Waals surface area contributed by atoms with Crippen molar-refractivity contribution < 1.29 is 18.1 Å². The molecule has 0 bridgehead atoms. The van der Waals surface area contributed by atoms with E-state index in [2.05, 4.69) is 10.1 Å². The van der Waals surface area contributed by atoms with E-state index in [4.69, 9.17) is 0 Å². The summed E-state index contributed by atoms with van der Waals surface area (Å²) in [6.45, 7) is 5.35. The van der Waals surface area contributed by atoms with Gasteiger partial charge in [0.15, 0.2) is 5.01 Å². The summed E-state index contributed by atoms with van der Waals surface area (Å²) >= 11 is 1.40. The first kappa shape index (κ1) is 18.9. The topological polar surface area (TPSA) is 54.9 Å². The Bertz CT molecular complexity index is 1050. The smallest absolute Gasteiger partial charge is 0.360 e. The van der Waals surface area contributed by atoms with Crippen LogP contribution in [0.3, 0.4) is 0 Å². The summed E-state index contributed by atoms with van der Waals surface area (Å²) in [7, 11) is 0. The number of piperazine rings is 1. The fourth-order valence-corrected chi connectivity index (χ4v) is 4.40. The summed E-state index contributed by atoms with van der Waals surface area (Å²) in [5, 5.41) is 5.20. The van der Waals surface area contributed by atoms with Gasteiger partial charge in [-0.2, -0.15) is 22.8 Å². The zero-order valence-corrected chi connectivity index (χ0v) is 16.0. The number of aromatic nitrogens is 3. The van der Waals surface area contributed by atoms with Gasteiger partial charge >= 0.3 is 6.18 Å². The van der Waals surface area contributed by atoms with E-state index in [1.165, 1.54) is 39.0 Å². The van der Waals surface area contributed by atoms with E-state index in [9.17, 15) is 18.0 Å². The lowest BCUT2D eigenvalue weighted by molar-refractivity contribution is -0.914. The summed E-state index contributed by atoms with van der Waals surface area (Å²) in [4.78, 5) is 20.2. The molecule has 10 heteroatoms. The van der Waals surface area contributed by atoms with Crippen LogP contribution < -0.4 is 15.4 Å². The van der Waals surface area contributed by atoms with Crippen molar-refractivity contribution in [3.8, 4) is 0 Å². The maximum Gasteiger partial charge on any atom is 0.416 e. The molecular weight excluding hydrogens is 391 g/mol. The number of alkyl halides is 3. The molecule has 3 aromatic rings. The zero-order valence-electron chi connectivity index (χ0n) is 15.2. The monoisotopic (exact) mass is 410 g/mol. The van der Waals surface area contributed by atoms with Crippen molar-refractivity contribution in [2.75, 3.05) is 31.1 Å². The minimum Gasteiger partial charge on any atom is -0.360 e. The molecule has 148 valence electrons. The maximum atomic E-state index is 12.9. The van der Waals surface area contributed by atoms with E-state index in [1.807, 2.05) is 4.90 Å². The summed E-state index contributed by atoms with van der Waals surface area (Å²) in [6, 6.07) is 6.92. The number of hydrogen-bond donors (Lipinski definition) is 1. The molecule has 0 saturated carbocycles. The first-order valence-electron chi connectivity index (χ1n) is 8.92. The van der Waals surface area contributed by atoms with Gasteiger partial charge in [0.1, 0.15) is 6.54 Å². The van der Waals surface area contributed by atoms with Gasteiger partial charge in [-0.25, -0.2) is 4.98 Å². The van der Waals surface area contributed by atoms with Gasteiger partial charge < -0.3 is 9.80 Å². The molecule has 0 atom stereocenters. The third-order valence-electron chi connectivity index (χ3n) is 4.83. The van der Waals surface area contributed by atoms with Crippen LogP contribution >= 0.6 is 11.3 Å². The molecule has 1 saturated heterocycles. The van der Waals surface area contributed by atoms with Crippen molar-refractivity contribution in [1.82, 2.24) is 14.6 Å². The van der Waals surface area contributed by atoms with Crippen molar-refractivity contribution in [3.05, 3.63) is 57.0 Å². The van der Waals surface area contributed by atoms with E-state index in [0.717, 1.165) is 24.2 Å². The van der Waals surface area contributed by atoms with Gasteiger partial charge in [-0.15, -0.1) is 0 Å². The van der Waals surface area contributed by atoms with Crippen LogP contribution in [-0.4, -0.2) is 40.8 Å². The fraction of sp³-hybridized carbons (Fsp3) is 0.389. The van der Waals surface area contributed by atoms with Gasteiger partial charge in [-0.3, -0.25) is 4.79 Å². The Labute approximate surface area is 162 Å². The van der Waals surface area contributed by atoms with Crippen LogP contribution in [0.15, 0.2) is 35.1 Å². The number of hydrogen-bond acceptors (Lipinski definition) is 5. The molecule has 1 aromatic carbocycles. The number of nitrogens with zero attached hydrogens (tertiary/aromatic N) is 4. The van der Waals surface area contributed by atoms with E-state index in [1.54, 1.807) is 13.0 Å². The number of benzene rings is 1. The highest BCUT2D eigenvalue weighted by molar-refractivity contribution is 7.16. The Morgan fingerprint density at radius 3 is 2.68 bits per heavy atom. The standard InChI is InChI=1S/C18H18F3N5OS/c1-12-9-16(27)26-17(22-12)28-15(23-26)11-24-5-7-25(8-6-24)14-4-2-3-13(10-14)18(19,20)21/h2-4,9-10H,5-8,11H2,1H3/p+1. The molecule has 0 unspecified atom stereocenters. The van der Waals surface area contributed by atoms with Crippen molar-refractivity contribution in [3.63, 3.8) is 0 Å². The molecule has 0 aliphatic carbocycles. The Balaban J connectivity index is 1.42. The zero-order chi connectivity index (χ0) is 19.9. The summed E-state index contributed by atoms with van der Waals surface area (Å²) in [5.41, 5.74) is 0.458. The average Bonchev–Trinajstić information content (AvgIpc) is 3.04. The van der Waals surface area contributed by atoms with Gasteiger partial charge in [0.05, 0.1) is 31.7 Å². The molecule has 2 aromatic heterocycles. The molecule has 1 aliphatic rings. The van der Waals surface area contributed by atoms with Crippen LogP contribution in [0.5, 0.6) is 0 Å². The molecular formula is C18H19F3N5OS+. The first-order chi connectivity index (χ1) is 13.3. The normalized spacial score (nSPS) is 16.1. The predicted molar refractivity (Wildman–Crippen MR) is 99.9 cm³/mol. The number of quaternary nitrogens is 1. The van der Waals surface area contributed by atoms with Crippen molar-refractivity contribution in [2.45, 2.75) is 19.6 Å². The van der Waals surface area contributed by atoms with E-state index in [0.29, 0.717) is 36.0 Å². The van der Waals surface area contributed by atoms with Gasteiger partial charge in [-0.1, -0.05) is 17.4 Å². The van der Waals surface area contributed by atoms with Crippen molar-refractivity contribution in [2.24, 2.45) is 0 Å². The quantitative estimate of drug-likeness (QED) is 0.709. The van der Waals surface area contributed by atoms with Crippen molar-refractivity contribution >= 4 is 22.0 Å². The Kier molecular flexibility index (Phi) is 4.84. The predicted octanol–water partition coefficient (Wildman–Crippen LogP) is 1.38. The molecule has 3 heterocycles. The number of nitrogens with one attached hydrogen (secondary N) is 1. The Morgan fingerprint density at radius 2 is 1.96 bits per heavy atom.